The number of halogens is 2. The molecule has 0 atom stereocenters. The van der Waals surface area contributed by atoms with Crippen molar-refractivity contribution < 1.29 is 8.78 Å². The van der Waals surface area contributed by atoms with Crippen LogP contribution in [-0.4, -0.2) is 9.97 Å². The second kappa shape index (κ2) is 4.56. The summed E-state index contributed by atoms with van der Waals surface area (Å²) in [5, 5.41) is 0. The number of benzene rings is 1. The van der Waals surface area contributed by atoms with Gasteiger partial charge in [-0.2, -0.15) is 0 Å². The summed E-state index contributed by atoms with van der Waals surface area (Å²) < 4.78 is 25.9. The van der Waals surface area contributed by atoms with Crippen molar-refractivity contribution in [1.82, 2.24) is 9.97 Å². The van der Waals surface area contributed by atoms with E-state index in [4.69, 9.17) is 5.73 Å². The summed E-state index contributed by atoms with van der Waals surface area (Å²) in [6, 6.07) is 3.25. The van der Waals surface area contributed by atoms with Crippen LogP contribution in [0.1, 0.15) is 12.5 Å². The topological polar surface area (TPSA) is 71.8 Å². The Morgan fingerprint density at radius 3 is 2.61 bits per heavy atom. The van der Waals surface area contributed by atoms with Crippen LogP contribution in [0.15, 0.2) is 23.0 Å². The van der Waals surface area contributed by atoms with E-state index in [1.807, 2.05) is 0 Å². The van der Waals surface area contributed by atoms with Gasteiger partial charge in [0.25, 0.3) is 5.56 Å². The Hall–Kier alpha value is -2.24. The number of nitrogen functional groups attached to an aromatic ring is 1. The van der Waals surface area contributed by atoms with E-state index < -0.39 is 11.6 Å². The number of H-pyrrole nitrogens is 1. The van der Waals surface area contributed by atoms with Crippen molar-refractivity contribution in [3.63, 3.8) is 0 Å². The molecular formula is C12H11F2N3O. The Morgan fingerprint density at radius 2 is 2.06 bits per heavy atom. The van der Waals surface area contributed by atoms with Crippen molar-refractivity contribution in [2.75, 3.05) is 5.73 Å². The van der Waals surface area contributed by atoms with Crippen molar-refractivity contribution in [2.45, 2.75) is 13.3 Å². The van der Waals surface area contributed by atoms with Crippen molar-refractivity contribution in [3.8, 4) is 11.4 Å². The second-order valence-electron chi connectivity index (χ2n) is 3.76. The van der Waals surface area contributed by atoms with Crippen LogP contribution in [0, 0.1) is 11.6 Å². The number of nitrogens with zero attached hydrogens (tertiary/aromatic N) is 1. The van der Waals surface area contributed by atoms with E-state index in [0.29, 0.717) is 12.0 Å². The first-order valence-electron chi connectivity index (χ1n) is 5.37. The van der Waals surface area contributed by atoms with Gasteiger partial charge in [0, 0.05) is 5.56 Å². The van der Waals surface area contributed by atoms with Crippen molar-refractivity contribution in [2.24, 2.45) is 0 Å². The van der Waals surface area contributed by atoms with Gasteiger partial charge in [0.2, 0.25) is 0 Å². The number of nitrogens with one attached hydrogen (secondary N) is 1. The van der Waals surface area contributed by atoms with Gasteiger partial charge in [0.1, 0.15) is 11.6 Å². The minimum absolute atomic E-state index is 0.0981. The van der Waals surface area contributed by atoms with E-state index in [1.165, 1.54) is 6.07 Å². The number of rotatable bonds is 2. The lowest BCUT2D eigenvalue weighted by Gasteiger charge is -2.05. The molecule has 0 unspecified atom stereocenters. The van der Waals surface area contributed by atoms with E-state index in [-0.39, 0.29) is 22.8 Å². The van der Waals surface area contributed by atoms with Crippen molar-refractivity contribution in [1.29, 1.82) is 0 Å². The van der Waals surface area contributed by atoms with E-state index >= 15 is 0 Å². The van der Waals surface area contributed by atoms with Crippen LogP contribution in [0.25, 0.3) is 11.4 Å². The zero-order chi connectivity index (χ0) is 13.3. The molecule has 0 spiro atoms. The van der Waals surface area contributed by atoms with Gasteiger partial charge in [-0.05, 0) is 24.6 Å². The van der Waals surface area contributed by atoms with Crippen LogP contribution < -0.4 is 11.3 Å². The highest BCUT2D eigenvalue weighted by molar-refractivity contribution is 5.57. The minimum atomic E-state index is -1.01. The maximum Gasteiger partial charge on any atom is 0.256 e. The third-order valence-corrected chi connectivity index (χ3v) is 2.59. The van der Waals surface area contributed by atoms with Crippen LogP contribution in [0.5, 0.6) is 0 Å². The first-order chi connectivity index (χ1) is 8.52. The number of aromatic nitrogens is 2. The highest BCUT2D eigenvalue weighted by Crippen LogP contribution is 2.18. The quantitative estimate of drug-likeness (QED) is 0.855. The summed E-state index contributed by atoms with van der Waals surface area (Å²) in [5.41, 5.74) is 5.91. The summed E-state index contributed by atoms with van der Waals surface area (Å²) in [5.74, 6) is -1.75. The summed E-state index contributed by atoms with van der Waals surface area (Å²) in [6.45, 7) is 1.78. The van der Waals surface area contributed by atoms with E-state index in [1.54, 1.807) is 6.92 Å². The largest absolute Gasteiger partial charge is 0.383 e. The number of anilines is 1. The Balaban J connectivity index is 2.58. The van der Waals surface area contributed by atoms with Gasteiger partial charge in [0.15, 0.2) is 11.6 Å². The van der Waals surface area contributed by atoms with Crippen LogP contribution in [-0.2, 0) is 6.42 Å². The molecule has 0 aliphatic carbocycles. The maximum absolute atomic E-state index is 13.1. The lowest BCUT2D eigenvalue weighted by molar-refractivity contribution is 0.509. The van der Waals surface area contributed by atoms with Crippen molar-refractivity contribution >= 4 is 5.82 Å². The van der Waals surface area contributed by atoms with Gasteiger partial charge < -0.3 is 10.7 Å². The number of aromatic amines is 1. The molecule has 4 nitrogen and oxygen atoms in total. The van der Waals surface area contributed by atoms with Gasteiger partial charge in [0.05, 0.1) is 5.56 Å². The average Bonchev–Trinajstić information content (AvgIpc) is 2.32. The summed E-state index contributed by atoms with van der Waals surface area (Å²) in [6.07, 6.45) is 0.451. The Bertz CT molecular complexity index is 652. The third-order valence-electron chi connectivity index (χ3n) is 2.59. The molecule has 1 heterocycles. The van der Waals surface area contributed by atoms with Crippen LogP contribution >= 0.6 is 0 Å². The molecule has 0 bridgehead atoms. The first-order valence-corrected chi connectivity index (χ1v) is 5.37. The van der Waals surface area contributed by atoms with Gasteiger partial charge in [-0.15, -0.1) is 0 Å². The van der Waals surface area contributed by atoms with Crippen LogP contribution in [0.2, 0.25) is 0 Å². The van der Waals surface area contributed by atoms with Crippen LogP contribution in [0.4, 0.5) is 14.6 Å². The van der Waals surface area contributed by atoms with E-state index in [0.717, 1.165) is 12.1 Å². The third kappa shape index (κ3) is 2.09. The fraction of sp³-hybridized carbons (Fsp3) is 0.167. The molecule has 18 heavy (non-hydrogen) atoms. The molecule has 0 saturated heterocycles. The molecule has 2 aromatic rings. The lowest BCUT2D eigenvalue weighted by Crippen LogP contribution is -2.17. The predicted molar refractivity (Wildman–Crippen MR) is 64.0 cm³/mol. The lowest BCUT2D eigenvalue weighted by atomic mass is 10.2. The smallest absolute Gasteiger partial charge is 0.256 e. The monoisotopic (exact) mass is 251 g/mol. The second-order valence-corrected chi connectivity index (χ2v) is 3.76. The number of nitrogens with two attached hydrogens (primary N) is 1. The molecule has 3 N–H and O–H groups in total. The highest BCUT2D eigenvalue weighted by Gasteiger charge is 2.10. The van der Waals surface area contributed by atoms with Gasteiger partial charge in [-0.3, -0.25) is 4.79 Å². The Labute approximate surface area is 101 Å². The maximum atomic E-state index is 13.1. The Morgan fingerprint density at radius 1 is 1.33 bits per heavy atom. The first kappa shape index (κ1) is 12.2. The molecule has 94 valence electrons. The molecule has 6 heteroatoms. The van der Waals surface area contributed by atoms with Gasteiger partial charge in [-0.1, -0.05) is 6.92 Å². The van der Waals surface area contributed by atoms with Crippen LogP contribution in [0.3, 0.4) is 0 Å². The molecule has 0 aliphatic heterocycles. The summed E-state index contributed by atoms with van der Waals surface area (Å²) >= 11 is 0. The van der Waals surface area contributed by atoms with E-state index in [2.05, 4.69) is 9.97 Å². The minimum Gasteiger partial charge on any atom is -0.383 e. The molecule has 1 aromatic heterocycles. The van der Waals surface area contributed by atoms with Gasteiger partial charge in [-0.25, -0.2) is 13.8 Å². The fourth-order valence-electron chi connectivity index (χ4n) is 1.64. The molecular weight excluding hydrogens is 240 g/mol. The number of hydrogen-bond donors (Lipinski definition) is 2. The Kier molecular flexibility index (Phi) is 3.10. The summed E-state index contributed by atoms with van der Waals surface area (Å²) in [7, 11) is 0. The molecule has 0 saturated carbocycles. The van der Waals surface area contributed by atoms with Crippen molar-refractivity contribution in [3.05, 3.63) is 45.8 Å². The average molecular weight is 251 g/mol. The van der Waals surface area contributed by atoms with Gasteiger partial charge >= 0.3 is 0 Å². The molecule has 1 aromatic carbocycles. The summed E-state index contributed by atoms with van der Waals surface area (Å²) in [4.78, 5) is 18.1. The molecule has 0 amide bonds. The predicted octanol–water partition coefficient (Wildman–Crippen LogP) is 1.86. The molecule has 0 radical (unpaired) electrons. The SMILES string of the molecule is CCc1c(N)nc(-c2ccc(F)c(F)c2)[nH]c1=O. The zero-order valence-corrected chi connectivity index (χ0v) is 9.63. The van der Waals surface area contributed by atoms with E-state index in [9.17, 15) is 13.6 Å². The standard InChI is InChI=1S/C12H11F2N3O/c1-2-7-10(15)16-11(17-12(7)18)6-3-4-8(13)9(14)5-6/h3-5H,2H2,1H3,(H3,15,16,17,18). The molecule has 0 fully saturated rings. The fourth-order valence-corrected chi connectivity index (χ4v) is 1.64. The normalized spacial score (nSPS) is 10.6. The highest BCUT2D eigenvalue weighted by atomic mass is 19.2. The zero-order valence-electron chi connectivity index (χ0n) is 9.63. The molecule has 2 rings (SSSR count). The number of hydrogen-bond acceptors (Lipinski definition) is 3. The molecule has 0 aliphatic rings.